The standard InChI is InChI=1S/C11H15NO4/c13-6-2-1-3-10(9-11(14)15)12-4-7-16-8-5-12/h1-3,6H,4-5,7-9H2,(H,14,15)/p-1/b2-1+,10-3-. The van der Waals surface area contributed by atoms with Crippen LogP contribution in [0.25, 0.3) is 0 Å². The van der Waals surface area contributed by atoms with Gasteiger partial charge in [0.25, 0.3) is 0 Å². The van der Waals surface area contributed by atoms with E-state index in [2.05, 4.69) is 0 Å². The van der Waals surface area contributed by atoms with E-state index >= 15 is 0 Å². The largest absolute Gasteiger partial charge is 0.550 e. The highest BCUT2D eigenvalue weighted by atomic mass is 16.5. The van der Waals surface area contributed by atoms with E-state index < -0.39 is 5.97 Å². The van der Waals surface area contributed by atoms with Gasteiger partial charge in [0.05, 0.1) is 13.2 Å². The summed E-state index contributed by atoms with van der Waals surface area (Å²) in [6.07, 6.45) is 4.96. The molecule has 0 aliphatic carbocycles. The zero-order valence-corrected chi connectivity index (χ0v) is 8.93. The van der Waals surface area contributed by atoms with E-state index in [0.717, 1.165) is 0 Å². The first-order valence-electron chi connectivity index (χ1n) is 5.07. The number of carbonyl (C=O) groups is 2. The molecule has 5 nitrogen and oxygen atoms in total. The van der Waals surface area contributed by atoms with E-state index in [-0.39, 0.29) is 6.42 Å². The Morgan fingerprint density at radius 1 is 1.31 bits per heavy atom. The second-order valence-electron chi connectivity index (χ2n) is 3.33. The molecule has 1 aliphatic heterocycles. The molecular formula is C11H14NO4-. The van der Waals surface area contributed by atoms with Crippen molar-refractivity contribution in [2.75, 3.05) is 26.3 Å². The SMILES string of the molecule is O=C/C=C/C=C(/CC(=O)[O-])N1CCOCC1. The second-order valence-corrected chi connectivity index (χ2v) is 3.33. The molecule has 0 aromatic carbocycles. The molecule has 0 bridgehead atoms. The van der Waals surface area contributed by atoms with Crippen LogP contribution in [0.4, 0.5) is 0 Å². The Balaban J connectivity index is 2.68. The molecule has 0 unspecified atom stereocenters. The summed E-state index contributed by atoms with van der Waals surface area (Å²) in [5, 5.41) is 10.6. The third kappa shape index (κ3) is 4.27. The van der Waals surface area contributed by atoms with Gasteiger partial charge in [0.15, 0.2) is 0 Å². The molecule has 1 heterocycles. The number of nitrogens with zero attached hydrogens (tertiary/aromatic N) is 1. The number of hydrogen-bond acceptors (Lipinski definition) is 5. The molecule has 0 amide bonds. The Labute approximate surface area is 94.0 Å². The normalized spacial score (nSPS) is 17.8. The summed E-state index contributed by atoms with van der Waals surface area (Å²) in [7, 11) is 0. The molecule has 0 aromatic rings. The van der Waals surface area contributed by atoms with Gasteiger partial charge in [-0.05, 0) is 12.2 Å². The van der Waals surface area contributed by atoms with Crippen LogP contribution < -0.4 is 5.11 Å². The van der Waals surface area contributed by atoms with Crippen LogP contribution in [0.1, 0.15) is 6.42 Å². The third-order valence-corrected chi connectivity index (χ3v) is 2.22. The van der Waals surface area contributed by atoms with Gasteiger partial charge in [0.1, 0.15) is 6.29 Å². The molecule has 0 radical (unpaired) electrons. The van der Waals surface area contributed by atoms with Gasteiger partial charge in [0, 0.05) is 31.2 Å². The molecule has 1 rings (SSSR count). The summed E-state index contributed by atoms with van der Waals surface area (Å²) < 4.78 is 5.17. The number of morpholine rings is 1. The van der Waals surface area contributed by atoms with Crippen LogP contribution in [0.2, 0.25) is 0 Å². The molecule has 0 spiro atoms. The Bertz CT molecular complexity index is 303. The lowest BCUT2D eigenvalue weighted by Gasteiger charge is -2.31. The molecule has 0 N–H and O–H groups in total. The minimum Gasteiger partial charge on any atom is -0.550 e. The number of aldehydes is 1. The quantitative estimate of drug-likeness (QED) is 0.344. The van der Waals surface area contributed by atoms with Crippen molar-refractivity contribution in [1.82, 2.24) is 4.90 Å². The van der Waals surface area contributed by atoms with Crippen molar-refractivity contribution >= 4 is 12.3 Å². The fraction of sp³-hybridized carbons (Fsp3) is 0.455. The number of rotatable bonds is 5. The van der Waals surface area contributed by atoms with Gasteiger partial charge in [-0.2, -0.15) is 0 Å². The fourth-order valence-electron chi connectivity index (χ4n) is 1.49. The number of ether oxygens (including phenoxy) is 1. The van der Waals surface area contributed by atoms with Gasteiger partial charge in [0.2, 0.25) is 0 Å². The first-order valence-corrected chi connectivity index (χ1v) is 5.07. The van der Waals surface area contributed by atoms with E-state index in [0.29, 0.717) is 38.3 Å². The molecule has 0 saturated carbocycles. The monoisotopic (exact) mass is 224 g/mol. The maximum absolute atomic E-state index is 10.6. The van der Waals surface area contributed by atoms with Crippen molar-refractivity contribution in [3.8, 4) is 0 Å². The van der Waals surface area contributed by atoms with E-state index in [4.69, 9.17) is 4.74 Å². The van der Waals surface area contributed by atoms with Gasteiger partial charge < -0.3 is 19.5 Å². The second kappa shape index (κ2) is 6.79. The molecule has 1 fully saturated rings. The van der Waals surface area contributed by atoms with Crippen LogP contribution in [0.3, 0.4) is 0 Å². The lowest BCUT2D eigenvalue weighted by molar-refractivity contribution is -0.305. The molecule has 88 valence electrons. The van der Waals surface area contributed by atoms with Crippen LogP contribution in [0.5, 0.6) is 0 Å². The molecular weight excluding hydrogens is 210 g/mol. The minimum absolute atomic E-state index is 0.150. The number of carboxylic acids is 1. The van der Waals surface area contributed by atoms with Crippen molar-refractivity contribution in [2.24, 2.45) is 0 Å². The zero-order chi connectivity index (χ0) is 11.8. The first kappa shape index (κ1) is 12.4. The van der Waals surface area contributed by atoms with Crippen molar-refractivity contribution < 1.29 is 19.4 Å². The number of carboxylic acid groups (broad SMARTS) is 1. The lowest BCUT2D eigenvalue weighted by atomic mass is 10.2. The highest BCUT2D eigenvalue weighted by Crippen LogP contribution is 2.11. The molecule has 0 atom stereocenters. The summed E-state index contributed by atoms with van der Waals surface area (Å²) in [4.78, 5) is 22.6. The van der Waals surface area contributed by atoms with Gasteiger partial charge in [-0.1, -0.05) is 6.08 Å². The van der Waals surface area contributed by atoms with Gasteiger partial charge in [-0.3, -0.25) is 4.79 Å². The summed E-state index contributed by atoms with van der Waals surface area (Å²) in [6.45, 7) is 2.49. The Morgan fingerprint density at radius 3 is 2.56 bits per heavy atom. The van der Waals surface area contributed by atoms with Gasteiger partial charge >= 0.3 is 0 Å². The topological polar surface area (TPSA) is 69.7 Å². The minimum atomic E-state index is -1.13. The molecule has 5 heteroatoms. The van der Waals surface area contributed by atoms with E-state index in [1.54, 1.807) is 6.08 Å². The Kier molecular flexibility index (Phi) is 5.28. The van der Waals surface area contributed by atoms with Gasteiger partial charge in [-0.25, -0.2) is 0 Å². The van der Waals surface area contributed by atoms with Crippen LogP contribution in [-0.4, -0.2) is 43.5 Å². The Hall–Kier alpha value is -1.62. The molecule has 16 heavy (non-hydrogen) atoms. The van der Waals surface area contributed by atoms with Crippen LogP contribution >= 0.6 is 0 Å². The predicted molar refractivity (Wildman–Crippen MR) is 55.3 cm³/mol. The summed E-state index contributed by atoms with van der Waals surface area (Å²) >= 11 is 0. The zero-order valence-electron chi connectivity index (χ0n) is 8.93. The number of hydrogen-bond donors (Lipinski definition) is 0. The van der Waals surface area contributed by atoms with E-state index in [1.807, 2.05) is 4.90 Å². The summed E-state index contributed by atoms with van der Waals surface area (Å²) in [6, 6.07) is 0. The van der Waals surface area contributed by atoms with Gasteiger partial charge in [-0.15, -0.1) is 0 Å². The highest BCUT2D eigenvalue weighted by molar-refractivity contribution is 5.68. The first-order chi connectivity index (χ1) is 7.74. The van der Waals surface area contributed by atoms with Crippen LogP contribution in [0, 0.1) is 0 Å². The van der Waals surface area contributed by atoms with Crippen molar-refractivity contribution in [2.45, 2.75) is 6.42 Å². The fourth-order valence-corrected chi connectivity index (χ4v) is 1.49. The van der Waals surface area contributed by atoms with Crippen molar-refractivity contribution in [3.63, 3.8) is 0 Å². The molecule has 0 aromatic heterocycles. The number of carbonyl (C=O) groups excluding carboxylic acids is 2. The number of aliphatic carboxylic acids is 1. The van der Waals surface area contributed by atoms with Crippen LogP contribution in [0.15, 0.2) is 23.9 Å². The average molecular weight is 224 g/mol. The van der Waals surface area contributed by atoms with Crippen molar-refractivity contribution in [1.29, 1.82) is 0 Å². The summed E-state index contributed by atoms with van der Waals surface area (Å²) in [5.41, 5.74) is 0.640. The maximum Gasteiger partial charge on any atom is 0.142 e. The van der Waals surface area contributed by atoms with E-state index in [9.17, 15) is 14.7 Å². The van der Waals surface area contributed by atoms with E-state index in [1.165, 1.54) is 12.2 Å². The van der Waals surface area contributed by atoms with Crippen molar-refractivity contribution in [3.05, 3.63) is 23.9 Å². The van der Waals surface area contributed by atoms with Crippen LogP contribution in [-0.2, 0) is 14.3 Å². The molecule has 1 saturated heterocycles. The lowest BCUT2D eigenvalue weighted by Crippen LogP contribution is -2.37. The third-order valence-electron chi connectivity index (χ3n) is 2.22. The predicted octanol–water partition coefficient (Wildman–Crippen LogP) is -0.902. The smallest absolute Gasteiger partial charge is 0.142 e. The average Bonchev–Trinajstić information content (AvgIpc) is 2.29. The Morgan fingerprint density at radius 2 is 2.00 bits per heavy atom. The maximum atomic E-state index is 10.6. The summed E-state index contributed by atoms with van der Waals surface area (Å²) in [5.74, 6) is -1.13. The highest BCUT2D eigenvalue weighted by Gasteiger charge is 2.12. The number of allylic oxidation sites excluding steroid dienone is 3. The molecule has 1 aliphatic rings.